The van der Waals surface area contributed by atoms with Crippen LogP contribution in [0.15, 0.2) is 78.9 Å². The average Bonchev–Trinajstić information content (AvgIpc) is 2.79. The van der Waals surface area contributed by atoms with Crippen LogP contribution in [0.4, 0.5) is 11.4 Å². The molecule has 0 spiro atoms. The third kappa shape index (κ3) is 4.96. The van der Waals surface area contributed by atoms with Crippen LogP contribution < -0.4 is 10.1 Å². The first-order valence-corrected chi connectivity index (χ1v) is 10.2. The minimum absolute atomic E-state index is 0.101. The lowest BCUT2D eigenvalue weighted by Crippen LogP contribution is -2.35. The highest BCUT2D eigenvalue weighted by Crippen LogP contribution is 2.26. The number of benzene rings is 3. The number of carbonyl (C=O) groups excluding carboxylic acids is 1. The first kappa shape index (κ1) is 19.1. The molecule has 1 amide bonds. The summed E-state index contributed by atoms with van der Waals surface area (Å²) in [4.78, 5) is 15.0. The zero-order valence-electron chi connectivity index (χ0n) is 16.5. The van der Waals surface area contributed by atoms with Crippen LogP contribution in [0.1, 0.15) is 35.2 Å². The fourth-order valence-electron chi connectivity index (χ4n) is 3.61. The fourth-order valence-corrected chi connectivity index (χ4v) is 3.61. The summed E-state index contributed by atoms with van der Waals surface area (Å²) >= 11 is 0. The predicted octanol–water partition coefficient (Wildman–Crippen LogP) is 5.64. The highest BCUT2D eigenvalue weighted by Gasteiger charge is 2.20. The second-order valence-corrected chi connectivity index (χ2v) is 7.33. The first-order chi connectivity index (χ1) is 14.3. The van der Waals surface area contributed by atoms with Gasteiger partial charge in [0.1, 0.15) is 12.4 Å². The molecule has 0 radical (unpaired) electrons. The lowest BCUT2D eigenvalue weighted by molar-refractivity contribution is 0.0725. The number of piperidine rings is 1. The summed E-state index contributed by atoms with van der Waals surface area (Å²) in [6.45, 7) is 2.21. The minimum Gasteiger partial charge on any atom is -0.489 e. The highest BCUT2D eigenvalue weighted by atomic mass is 16.5. The summed E-state index contributed by atoms with van der Waals surface area (Å²) in [6.07, 6.45) is 3.38. The highest BCUT2D eigenvalue weighted by molar-refractivity contribution is 6.00. The summed E-state index contributed by atoms with van der Waals surface area (Å²) < 4.78 is 5.93. The van der Waals surface area contributed by atoms with E-state index >= 15 is 0 Å². The van der Waals surface area contributed by atoms with Crippen molar-refractivity contribution in [3.8, 4) is 5.75 Å². The summed E-state index contributed by atoms with van der Waals surface area (Å²) in [5.41, 5.74) is 3.56. The van der Waals surface area contributed by atoms with Gasteiger partial charge >= 0.3 is 0 Å². The Kier molecular flexibility index (Phi) is 6.10. The maximum atomic E-state index is 13.0. The molecule has 29 heavy (non-hydrogen) atoms. The number of carbonyl (C=O) groups is 1. The van der Waals surface area contributed by atoms with E-state index in [9.17, 15) is 4.79 Å². The van der Waals surface area contributed by atoms with Gasteiger partial charge in [-0.15, -0.1) is 0 Å². The smallest absolute Gasteiger partial charge is 0.255 e. The number of nitrogens with zero attached hydrogens (tertiary/aromatic N) is 1. The molecule has 0 aromatic heterocycles. The van der Waals surface area contributed by atoms with Crippen molar-refractivity contribution in [2.45, 2.75) is 25.9 Å². The van der Waals surface area contributed by atoms with Gasteiger partial charge in [-0.25, -0.2) is 0 Å². The number of likely N-dealkylation sites (tertiary alicyclic amines) is 1. The Hall–Kier alpha value is -3.27. The quantitative estimate of drug-likeness (QED) is 0.596. The van der Waals surface area contributed by atoms with E-state index in [2.05, 4.69) is 5.32 Å². The molecule has 1 aliphatic heterocycles. The number of hydrogen-bond acceptors (Lipinski definition) is 3. The molecule has 1 fully saturated rings. The SMILES string of the molecule is O=C(c1ccccc1Nc1cccc(OCc2ccccc2)c1)N1CCCCC1. The molecule has 1 N–H and O–H groups in total. The van der Waals surface area contributed by atoms with Crippen LogP contribution in [0.5, 0.6) is 5.75 Å². The van der Waals surface area contributed by atoms with Crippen molar-refractivity contribution in [3.05, 3.63) is 90.0 Å². The van der Waals surface area contributed by atoms with Gasteiger partial charge in [-0.05, 0) is 49.1 Å². The molecule has 4 rings (SSSR count). The first-order valence-electron chi connectivity index (χ1n) is 10.2. The Bertz CT molecular complexity index is 950. The number of para-hydroxylation sites is 1. The van der Waals surface area contributed by atoms with Crippen LogP contribution >= 0.6 is 0 Å². The van der Waals surface area contributed by atoms with Crippen molar-refractivity contribution < 1.29 is 9.53 Å². The van der Waals surface area contributed by atoms with E-state index in [0.717, 1.165) is 48.6 Å². The van der Waals surface area contributed by atoms with Crippen molar-refractivity contribution in [2.75, 3.05) is 18.4 Å². The summed E-state index contributed by atoms with van der Waals surface area (Å²) in [5, 5.41) is 3.40. The largest absolute Gasteiger partial charge is 0.489 e. The van der Waals surface area contributed by atoms with Crippen LogP contribution in [0, 0.1) is 0 Å². The molecule has 0 unspecified atom stereocenters. The molecule has 3 aromatic carbocycles. The van der Waals surface area contributed by atoms with E-state index < -0.39 is 0 Å². The third-order valence-electron chi connectivity index (χ3n) is 5.16. The van der Waals surface area contributed by atoms with Crippen LogP contribution in [0.3, 0.4) is 0 Å². The average molecular weight is 386 g/mol. The van der Waals surface area contributed by atoms with E-state index in [4.69, 9.17) is 4.74 Å². The maximum absolute atomic E-state index is 13.0. The van der Waals surface area contributed by atoms with Gasteiger partial charge in [0, 0.05) is 24.8 Å². The lowest BCUT2D eigenvalue weighted by Gasteiger charge is -2.27. The lowest BCUT2D eigenvalue weighted by atomic mass is 10.1. The van der Waals surface area contributed by atoms with Gasteiger partial charge in [-0.1, -0.05) is 48.5 Å². The van der Waals surface area contributed by atoms with Crippen molar-refractivity contribution in [3.63, 3.8) is 0 Å². The van der Waals surface area contributed by atoms with Crippen LogP contribution in [0.2, 0.25) is 0 Å². The van der Waals surface area contributed by atoms with Crippen molar-refractivity contribution >= 4 is 17.3 Å². The molecule has 148 valence electrons. The number of nitrogens with one attached hydrogen (secondary N) is 1. The monoisotopic (exact) mass is 386 g/mol. The molecule has 1 saturated heterocycles. The molecular weight excluding hydrogens is 360 g/mol. The number of ether oxygens (including phenoxy) is 1. The molecule has 0 aliphatic carbocycles. The van der Waals surface area contributed by atoms with Crippen LogP contribution in [-0.4, -0.2) is 23.9 Å². The molecule has 0 atom stereocenters. The maximum Gasteiger partial charge on any atom is 0.255 e. The minimum atomic E-state index is 0.101. The Labute approximate surface area is 172 Å². The molecule has 4 heteroatoms. The Balaban J connectivity index is 1.47. The molecule has 1 heterocycles. The van der Waals surface area contributed by atoms with Crippen molar-refractivity contribution in [1.29, 1.82) is 0 Å². The topological polar surface area (TPSA) is 41.6 Å². The summed E-state index contributed by atoms with van der Waals surface area (Å²) in [7, 11) is 0. The Morgan fingerprint density at radius 2 is 1.62 bits per heavy atom. The van der Waals surface area contributed by atoms with Gasteiger partial charge in [0.25, 0.3) is 5.91 Å². The Morgan fingerprint density at radius 3 is 2.45 bits per heavy atom. The van der Waals surface area contributed by atoms with Crippen molar-refractivity contribution in [1.82, 2.24) is 4.90 Å². The summed E-state index contributed by atoms with van der Waals surface area (Å²) in [6, 6.07) is 25.7. The molecule has 4 nitrogen and oxygen atoms in total. The van der Waals surface area contributed by atoms with Crippen LogP contribution in [-0.2, 0) is 6.61 Å². The third-order valence-corrected chi connectivity index (χ3v) is 5.16. The number of rotatable bonds is 6. The normalized spacial score (nSPS) is 13.7. The van der Waals surface area contributed by atoms with E-state index in [1.807, 2.05) is 83.8 Å². The van der Waals surface area contributed by atoms with E-state index in [1.165, 1.54) is 6.42 Å². The van der Waals surface area contributed by atoms with Gasteiger partial charge in [0.2, 0.25) is 0 Å². The number of hydrogen-bond donors (Lipinski definition) is 1. The molecule has 0 saturated carbocycles. The number of anilines is 2. The van der Waals surface area contributed by atoms with Gasteiger partial charge in [0.05, 0.1) is 11.3 Å². The summed E-state index contributed by atoms with van der Waals surface area (Å²) in [5.74, 6) is 0.892. The standard InChI is InChI=1S/C25H26N2O2/c28-25(27-16-7-2-8-17-27)23-14-5-6-15-24(23)26-21-12-9-13-22(18-21)29-19-20-10-3-1-4-11-20/h1,3-6,9-15,18,26H,2,7-8,16-17,19H2. The van der Waals surface area contributed by atoms with Crippen molar-refractivity contribution in [2.24, 2.45) is 0 Å². The molecular formula is C25H26N2O2. The zero-order chi connectivity index (χ0) is 19.9. The second kappa shape index (κ2) is 9.28. The van der Waals surface area contributed by atoms with Gasteiger partial charge < -0.3 is 15.0 Å². The van der Waals surface area contributed by atoms with Gasteiger partial charge in [0.15, 0.2) is 0 Å². The predicted molar refractivity (Wildman–Crippen MR) is 117 cm³/mol. The number of amides is 1. The van der Waals surface area contributed by atoms with E-state index in [0.29, 0.717) is 12.2 Å². The Morgan fingerprint density at radius 1 is 0.862 bits per heavy atom. The second-order valence-electron chi connectivity index (χ2n) is 7.33. The van der Waals surface area contributed by atoms with E-state index in [1.54, 1.807) is 0 Å². The van der Waals surface area contributed by atoms with Gasteiger partial charge in [-0.2, -0.15) is 0 Å². The van der Waals surface area contributed by atoms with Crippen LogP contribution in [0.25, 0.3) is 0 Å². The van der Waals surface area contributed by atoms with Gasteiger partial charge in [-0.3, -0.25) is 4.79 Å². The molecule has 3 aromatic rings. The van der Waals surface area contributed by atoms with E-state index in [-0.39, 0.29) is 5.91 Å². The molecule has 1 aliphatic rings. The zero-order valence-corrected chi connectivity index (χ0v) is 16.5. The fraction of sp³-hybridized carbons (Fsp3) is 0.240. The molecule has 0 bridgehead atoms.